The van der Waals surface area contributed by atoms with E-state index in [1.807, 2.05) is 97.1 Å². The summed E-state index contributed by atoms with van der Waals surface area (Å²) in [7, 11) is 1.58. The number of hydrogen-bond donors (Lipinski definition) is 1. The number of benzene rings is 3. The largest absolute Gasteiger partial charge is 0.497 e. The molecule has 9 heteroatoms. The number of likely N-dealkylation sites (tertiary alicyclic amines) is 1. The Labute approximate surface area is 268 Å². The van der Waals surface area contributed by atoms with Gasteiger partial charge in [0.15, 0.2) is 0 Å². The molecule has 6 atom stereocenters. The van der Waals surface area contributed by atoms with Crippen LogP contribution >= 0.6 is 0 Å². The lowest BCUT2D eigenvalue weighted by atomic mass is 9.77. The molecule has 0 radical (unpaired) electrons. The van der Waals surface area contributed by atoms with E-state index in [0.29, 0.717) is 30.9 Å². The van der Waals surface area contributed by atoms with Crippen LogP contribution in [0.15, 0.2) is 109 Å². The third kappa shape index (κ3) is 5.00. The van der Waals surface area contributed by atoms with Crippen molar-refractivity contribution in [2.24, 2.45) is 11.8 Å². The predicted octanol–water partition coefficient (Wildman–Crippen LogP) is 3.38. The second-order valence-electron chi connectivity index (χ2n) is 12.3. The van der Waals surface area contributed by atoms with Crippen molar-refractivity contribution in [3.8, 4) is 5.75 Å². The van der Waals surface area contributed by atoms with E-state index in [1.165, 1.54) is 4.90 Å². The van der Waals surface area contributed by atoms with Crippen molar-refractivity contribution in [3.63, 3.8) is 0 Å². The molecule has 3 aromatic carbocycles. The minimum Gasteiger partial charge on any atom is -0.497 e. The Bertz CT molecular complexity index is 1660. The molecule has 0 aliphatic carbocycles. The summed E-state index contributed by atoms with van der Waals surface area (Å²) in [5.41, 5.74) is 1.15. The van der Waals surface area contributed by atoms with Crippen LogP contribution in [0.25, 0.3) is 0 Å². The van der Waals surface area contributed by atoms with Gasteiger partial charge in [-0.1, -0.05) is 85.0 Å². The molecule has 2 fully saturated rings. The average Bonchev–Trinajstić information content (AvgIpc) is 3.41. The zero-order valence-electron chi connectivity index (χ0n) is 25.6. The smallest absolute Gasteiger partial charge is 0.253 e. The summed E-state index contributed by atoms with van der Waals surface area (Å²) in [5, 5.41) is 10.8. The molecule has 1 unspecified atom stereocenters. The number of methoxy groups -OCH3 is 1. The molecule has 46 heavy (non-hydrogen) atoms. The first-order chi connectivity index (χ1) is 22.4. The number of nitrogens with zero attached hydrogens (tertiary/aromatic N) is 3. The zero-order valence-corrected chi connectivity index (χ0v) is 25.6. The summed E-state index contributed by atoms with van der Waals surface area (Å²) in [6, 6.07) is 24.7. The molecule has 0 aromatic heterocycles. The maximum absolute atomic E-state index is 14.8. The quantitative estimate of drug-likeness (QED) is 0.389. The van der Waals surface area contributed by atoms with Crippen LogP contribution in [0.3, 0.4) is 0 Å². The van der Waals surface area contributed by atoms with Crippen molar-refractivity contribution in [1.82, 2.24) is 9.80 Å². The van der Waals surface area contributed by atoms with Crippen LogP contribution in [0.2, 0.25) is 0 Å². The standard InChI is InChI=1S/C37H37N3O6/c1-45-29-17-15-27(16-18-29)39-21-9-19-37-32(31-30(46-37)14-8-20-38(34(31)42)23-26-12-6-3-7-13-26)35(43)40(33(37)36(39)44)28(24-41)22-25-10-4-2-5-11-25/h2-19,28,30-33,41H,20-24H2,1H3/t28-,30+,31-,32+,33?,37+/m1/s1. The number of carbonyl (C=O) groups is 3. The van der Waals surface area contributed by atoms with Crippen LogP contribution in [0, 0.1) is 11.8 Å². The van der Waals surface area contributed by atoms with Gasteiger partial charge in [0.1, 0.15) is 17.4 Å². The van der Waals surface area contributed by atoms with E-state index >= 15 is 0 Å². The van der Waals surface area contributed by atoms with Gasteiger partial charge in [-0.15, -0.1) is 0 Å². The second-order valence-corrected chi connectivity index (χ2v) is 12.3. The Hall–Kier alpha value is -4.73. The summed E-state index contributed by atoms with van der Waals surface area (Å²) in [6.07, 6.45) is 7.13. The Morgan fingerprint density at radius 3 is 2.24 bits per heavy atom. The van der Waals surface area contributed by atoms with E-state index in [1.54, 1.807) is 29.0 Å². The Kier molecular flexibility index (Phi) is 7.96. The fraction of sp³-hybridized carbons (Fsp3) is 0.324. The zero-order chi connectivity index (χ0) is 31.8. The number of amides is 3. The number of aliphatic hydroxyl groups excluding tert-OH is 1. The van der Waals surface area contributed by atoms with Crippen LogP contribution in [-0.2, 0) is 32.1 Å². The SMILES string of the molecule is COc1ccc(N2CC=C[C@]34O[C@H]5C=CCN(Cc6ccccc6)C(=O)[C@H]5[C@H]3C(=O)N([C@@H](CO)Cc3ccccc3)C4C2=O)cc1. The number of fused-ring (bicyclic) bond motifs is 2. The number of aliphatic hydroxyl groups is 1. The molecular formula is C37H37N3O6. The molecule has 2 saturated heterocycles. The lowest BCUT2D eigenvalue weighted by molar-refractivity contribution is -0.147. The molecule has 0 saturated carbocycles. The van der Waals surface area contributed by atoms with Crippen molar-refractivity contribution >= 4 is 23.4 Å². The Morgan fingerprint density at radius 2 is 1.57 bits per heavy atom. The molecule has 7 rings (SSSR count). The normalized spacial score (nSPS) is 27.6. The molecule has 3 amide bonds. The summed E-state index contributed by atoms with van der Waals surface area (Å²) >= 11 is 0. The Balaban J connectivity index is 1.31. The van der Waals surface area contributed by atoms with E-state index in [4.69, 9.17) is 9.47 Å². The first kappa shape index (κ1) is 30.0. The van der Waals surface area contributed by atoms with Gasteiger partial charge in [-0.3, -0.25) is 14.4 Å². The number of rotatable bonds is 8. The average molecular weight is 620 g/mol. The molecule has 4 aliphatic heterocycles. The van der Waals surface area contributed by atoms with Crippen LogP contribution < -0.4 is 9.64 Å². The number of anilines is 1. The van der Waals surface area contributed by atoms with Gasteiger partial charge >= 0.3 is 0 Å². The highest BCUT2D eigenvalue weighted by Gasteiger charge is 2.72. The van der Waals surface area contributed by atoms with Gasteiger partial charge in [0.05, 0.1) is 37.7 Å². The molecular weight excluding hydrogens is 582 g/mol. The van der Waals surface area contributed by atoms with Crippen molar-refractivity contribution in [2.75, 3.05) is 31.7 Å². The van der Waals surface area contributed by atoms with Crippen molar-refractivity contribution in [2.45, 2.75) is 36.8 Å². The molecule has 4 heterocycles. The topological polar surface area (TPSA) is 99.6 Å². The van der Waals surface area contributed by atoms with Crippen LogP contribution in [-0.4, -0.2) is 83.2 Å². The molecule has 4 aliphatic rings. The molecule has 1 N–H and O–H groups in total. The highest BCUT2D eigenvalue weighted by Crippen LogP contribution is 2.54. The minimum atomic E-state index is -1.40. The highest BCUT2D eigenvalue weighted by molar-refractivity contribution is 6.06. The van der Waals surface area contributed by atoms with Gasteiger partial charge in [0.25, 0.3) is 5.91 Å². The number of ether oxygens (including phenoxy) is 2. The molecule has 0 bridgehead atoms. The molecule has 9 nitrogen and oxygen atoms in total. The van der Waals surface area contributed by atoms with Gasteiger partial charge in [-0.05, 0) is 41.8 Å². The van der Waals surface area contributed by atoms with E-state index in [9.17, 15) is 19.5 Å². The van der Waals surface area contributed by atoms with Crippen LogP contribution in [0.4, 0.5) is 5.69 Å². The fourth-order valence-corrected chi connectivity index (χ4v) is 7.60. The van der Waals surface area contributed by atoms with Gasteiger partial charge in [-0.2, -0.15) is 0 Å². The minimum absolute atomic E-state index is 0.185. The van der Waals surface area contributed by atoms with E-state index in [-0.39, 0.29) is 30.9 Å². The summed E-state index contributed by atoms with van der Waals surface area (Å²) in [4.78, 5) is 48.9. The van der Waals surface area contributed by atoms with Gasteiger partial charge in [-0.25, -0.2) is 0 Å². The Morgan fingerprint density at radius 1 is 0.870 bits per heavy atom. The fourth-order valence-electron chi connectivity index (χ4n) is 7.60. The van der Waals surface area contributed by atoms with Gasteiger partial charge in [0.2, 0.25) is 11.8 Å². The van der Waals surface area contributed by atoms with E-state index in [0.717, 1.165) is 11.1 Å². The van der Waals surface area contributed by atoms with Crippen LogP contribution in [0.5, 0.6) is 5.75 Å². The maximum Gasteiger partial charge on any atom is 0.253 e. The monoisotopic (exact) mass is 619 g/mol. The summed E-state index contributed by atoms with van der Waals surface area (Å²) in [6.45, 7) is 0.671. The predicted molar refractivity (Wildman–Crippen MR) is 172 cm³/mol. The first-order valence-electron chi connectivity index (χ1n) is 15.7. The lowest BCUT2D eigenvalue weighted by Crippen LogP contribution is -2.58. The molecule has 1 spiro atoms. The highest BCUT2D eigenvalue weighted by atomic mass is 16.5. The molecule has 236 valence electrons. The third-order valence-corrected chi connectivity index (χ3v) is 9.70. The van der Waals surface area contributed by atoms with Crippen molar-refractivity contribution in [1.29, 1.82) is 0 Å². The van der Waals surface area contributed by atoms with Gasteiger partial charge < -0.3 is 29.3 Å². The summed E-state index contributed by atoms with van der Waals surface area (Å²) < 4.78 is 12.1. The van der Waals surface area contributed by atoms with Crippen molar-refractivity contribution < 1.29 is 29.0 Å². The van der Waals surface area contributed by atoms with Crippen LogP contribution in [0.1, 0.15) is 11.1 Å². The lowest BCUT2D eigenvalue weighted by Gasteiger charge is -2.38. The summed E-state index contributed by atoms with van der Waals surface area (Å²) in [5.74, 6) is -1.99. The van der Waals surface area contributed by atoms with Gasteiger partial charge in [0, 0.05) is 25.3 Å². The van der Waals surface area contributed by atoms with E-state index < -0.39 is 35.6 Å². The molecule has 3 aromatic rings. The second kappa shape index (κ2) is 12.2. The number of hydrogen-bond acceptors (Lipinski definition) is 6. The maximum atomic E-state index is 14.8. The van der Waals surface area contributed by atoms with E-state index in [2.05, 4.69) is 0 Å². The third-order valence-electron chi connectivity index (χ3n) is 9.70. The van der Waals surface area contributed by atoms with Crippen molar-refractivity contribution in [3.05, 3.63) is 120 Å². The number of carbonyl (C=O) groups excluding carboxylic acids is 3. The first-order valence-corrected chi connectivity index (χ1v) is 15.7.